The maximum Gasteiger partial charge on any atom is 0.177 e. The molecule has 0 N–H and O–H groups in total. The number of benzene rings is 7. The van der Waals surface area contributed by atoms with Crippen molar-refractivity contribution in [2.75, 3.05) is 0 Å². The number of aromatic nitrogens is 3. The van der Waals surface area contributed by atoms with Crippen LogP contribution in [0.5, 0.6) is 0 Å². The molecule has 0 amide bonds. The van der Waals surface area contributed by atoms with Crippen LogP contribution in [-0.4, -0.2) is 14.5 Å². The molecule has 0 unspecified atom stereocenters. The van der Waals surface area contributed by atoms with E-state index in [-0.39, 0.29) is 42.8 Å². The van der Waals surface area contributed by atoms with E-state index in [0.29, 0.717) is 0 Å². The minimum atomic E-state index is -0.0365. The number of para-hydroxylation sites is 1. The van der Waals surface area contributed by atoms with Gasteiger partial charge in [-0.2, -0.15) is 0 Å². The third-order valence-electron chi connectivity index (χ3n) is 13.0. The van der Waals surface area contributed by atoms with Gasteiger partial charge in [-0.3, -0.25) is 4.98 Å². The Hall–Kier alpha value is -6.59. The van der Waals surface area contributed by atoms with Gasteiger partial charge in [0.15, 0.2) is 11.2 Å². The first-order valence-electron chi connectivity index (χ1n) is 23.5. The fourth-order valence-electron chi connectivity index (χ4n) is 9.30. The molecule has 0 saturated heterocycles. The van der Waals surface area contributed by atoms with Gasteiger partial charge in [0, 0.05) is 48.1 Å². The van der Waals surface area contributed by atoms with Crippen molar-refractivity contribution in [2.24, 2.45) is 0 Å². The number of nitrogens with zero attached hydrogens (tertiary/aromatic N) is 3. The molecule has 0 bridgehead atoms. The van der Waals surface area contributed by atoms with Gasteiger partial charge in [-0.15, -0.1) is 54.1 Å². The van der Waals surface area contributed by atoms with Crippen molar-refractivity contribution in [1.82, 2.24) is 14.5 Å². The minimum Gasteiger partial charge on any atom is -0.497 e. The molecule has 11 aromatic rings. The third kappa shape index (κ3) is 8.50. The van der Waals surface area contributed by atoms with E-state index in [9.17, 15) is 0 Å². The molecule has 7 aromatic carbocycles. The molecule has 0 aliphatic rings. The molecular formula is C62H57IrN3O2-2. The number of hydrogen-bond acceptors (Lipinski definition) is 4. The van der Waals surface area contributed by atoms with E-state index in [2.05, 4.69) is 188 Å². The molecule has 4 aromatic heterocycles. The summed E-state index contributed by atoms with van der Waals surface area (Å²) < 4.78 is 15.7. The van der Waals surface area contributed by atoms with Gasteiger partial charge < -0.3 is 18.4 Å². The molecular weight excluding hydrogens is 1010 g/mol. The molecule has 0 saturated carbocycles. The Kier molecular flexibility index (Phi) is 12.4. The predicted octanol–water partition coefficient (Wildman–Crippen LogP) is 17.3. The monoisotopic (exact) mass is 1070 g/mol. The zero-order valence-corrected chi connectivity index (χ0v) is 43.0. The maximum atomic E-state index is 6.90. The van der Waals surface area contributed by atoms with Crippen molar-refractivity contribution in [1.29, 1.82) is 0 Å². The molecule has 11 rings (SSSR count). The Bertz CT molecular complexity index is 3570. The Morgan fingerprint density at radius 2 is 1.18 bits per heavy atom. The molecule has 0 atom stereocenters. The van der Waals surface area contributed by atoms with Crippen LogP contribution in [0.15, 0.2) is 161 Å². The van der Waals surface area contributed by atoms with Crippen LogP contribution in [-0.2, 0) is 30.9 Å². The third-order valence-corrected chi connectivity index (χ3v) is 13.0. The van der Waals surface area contributed by atoms with Gasteiger partial charge in [0.25, 0.3) is 0 Å². The van der Waals surface area contributed by atoms with E-state index in [0.717, 1.165) is 77.6 Å². The first kappa shape index (κ1) is 46.5. The number of imidazole rings is 1. The Morgan fingerprint density at radius 1 is 0.544 bits per heavy atom. The van der Waals surface area contributed by atoms with Crippen LogP contribution in [0.4, 0.5) is 0 Å². The molecule has 0 aliphatic heterocycles. The molecule has 4 heterocycles. The molecule has 343 valence electrons. The predicted molar refractivity (Wildman–Crippen MR) is 279 cm³/mol. The fraction of sp³-hybridized carbons (Fsp3) is 0.226. The van der Waals surface area contributed by atoms with E-state index >= 15 is 0 Å². The van der Waals surface area contributed by atoms with Crippen LogP contribution >= 0.6 is 0 Å². The summed E-state index contributed by atoms with van der Waals surface area (Å²) in [6, 6.07) is 57.7. The van der Waals surface area contributed by atoms with Crippen LogP contribution in [0.2, 0.25) is 0 Å². The molecule has 0 aliphatic carbocycles. The summed E-state index contributed by atoms with van der Waals surface area (Å²) in [7, 11) is 0. The Balaban J connectivity index is 0.000000289. The van der Waals surface area contributed by atoms with Crippen molar-refractivity contribution in [2.45, 2.75) is 91.9 Å². The topological polar surface area (TPSA) is 57.0 Å². The van der Waals surface area contributed by atoms with Crippen molar-refractivity contribution < 1.29 is 28.9 Å². The van der Waals surface area contributed by atoms with Gasteiger partial charge >= 0.3 is 0 Å². The molecule has 1 radical (unpaired) electrons. The number of hydrogen-bond donors (Lipinski definition) is 0. The van der Waals surface area contributed by atoms with Gasteiger partial charge in [0.05, 0.1) is 22.4 Å². The van der Waals surface area contributed by atoms with E-state index in [1.54, 1.807) is 0 Å². The second-order valence-corrected chi connectivity index (χ2v) is 20.5. The Labute approximate surface area is 413 Å². The van der Waals surface area contributed by atoms with Gasteiger partial charge in [0.1, 0.15) is 5.58 Å². The van der Waals surface area contributed by atoms with Crippen molar-refractivity contribution >= 4 is 54.9 Å². The standard InChI is InChI=1S/C47H41N2O2.C15H16N.Ir/c1-27(2)37-24-30(29-14-9-8-10-15-29)25-38(28(3)4)42(37)49-40-26-31(47(5,6)7)20-23-39(40)48-46(49)36-18-13-17-33-35-22-21-34-32-16-11-12-19-41(32)50-44(34)45(35)51-43(33)36;1-15(2,3)13-9-10-16-14(11-13)12-7-5-4-6-8-12;/h8-17,19-28H,1-7H3;4-7,9-11H,1-3H3;/q2*-1;. The quantitative estimate of drug-likeness (QED) is 0.156. The Morgan fingerprint density at radius 3 is 1.85 bits per heavy atom. The van der Waals surface area contributed by atoms with E-state index in [1.165, 1.54) is 39.1 Å². The van der Waals surface area contributed by atoms with Gasteiger partial charge in [-0.1, -0.05) is 147 Å². The minimum absolute atomic E-state index is 0. The molecule has 5 nitrogen and oxygen atoms in total. The van der Waals surface area contributed by atoms with Gasteiger partial charge in [0.2, 0.25) is 0 Å². The molecule has 68 heavy (non-hydrogen) atoms. The SMILES string of the molecule is CC(C)(C)c1ccnc(-c2[c-]cccc2)c1.CC(C)c1cc(-c2ccccc2)cc(C(C)C)c1-n1c(-c2[c-]ccc3c2oc2c3ccc3c4ccccc4oc32)nc2ccc(C(C)(C)C)cc21.[Ir]. The summed E-state index contributed by atoms with van der Waals surface area (Å²) in [5.41, 5.74) is 16.9. The summed E-state index contributed by atoms with van der Waals surface area (Å²) in [4.78, 5) is 9.82. The fourth-order valence-corrected chi connectivity index (χ4v) is 9.30. The summed E-state index contributed by atoms with van der Waals surface area (Å²) in [6.45, 7) is 22.6. The first-order valence-corrected chi connectivity index (χ1v) is 23.5. The van der Waals surface area contributed by atoms with Crippen LogP contribution in [0, 0.1) is 12.1 Å². The molecule has 0 fully saturated rings. The van der Waals surface area contributed by atoms with Crippen LogP contribution in [0.3, 0.4) is 0 Å². The van der Waals surface area contributed by atoms with Gasteiger partial charge in [-0.05, 0) is 104 Å². The van der Waals surface area contributed by atoms with E-state index in [4.69, 9.17) is 13.8 Å². The number of rotatable bonds is 6. The second kappa shape index (κ2) is 18.1. The average molecular weight is 1070 g/mol. The summed E-state index contributed by atoms with van der Waals surface area (Å²) in [5.74, 6) is 1.33. The van der Waals surface area contributed by atoms with Crippen LogP contribution in [0.25, 0.3) is 94.4 Å². The van der Waals surface area contributed by atoms with E-state index < -0.39 is 0 Å². The summed E-state index contributed by atoms with van der Waals surface area (Å²) >= 11 is 0. The van der Waals surface area contributed by atoms with E-state index in [1.807, 2.05) is 54.7 Å². The van der Waals surface area contributed by atoms with Crippen LogP contribution < -0.4 is 0 Å². The first-order chi connectivity index (χ1) is 32.2. The average Bonchev–Trinajstić information content (AvgIpc) is 4.03. The number of pyridine rings is 1. The smallest absolute Gasteiger partial charge is 0.177 e. The van der Waals surface area contributed by atoms with Crippen molar-refractivity contribution in [3.8, 4) is 39.5 Å². The summed E-state index contributed by atoms with van der Waals surface area (Å²) in [5, 5.41) is 4.16. The van der Waals surface area contributed by atoms with Gasteiger partial charge in [-0.25, -0.2) is 0 Å². The molecule has 0 spiro atoms. The normalized spacial score (nSPS) is 12.1. The van der Waals surface area contributed by atoms with Crippen LogP contribution in [0.1, 0.15) is 103 Å². The zero-order chi connectivity index (χ0) is 46.8. The zero-order valence-electron chi connectivity index (χ0n) is 40.6. The largest absolute Gasteiger partial charge is 0.497 e. The number of furan rings is 2. The second-order valence-electron chi connectivity index (χ2n) is 20.5. The number of fused-ring (bicyclic) bond motifs is 8. The summed E-state index contributed by atoms with van der Waals surface area (Å²) in [6.07, 6.45) is 1.87. The van der Waals surface area contributed by atoms with Crippen molar-refractivity contribution in [3.63, 3.8) is 0 Å². The molecule has 6 heteroatoms. The van der Waals surface area contributed by atoms with Crippen molar-refractivity contribution in [3.05, 3.63) is 186 Å². The maximum absolute atomic E-state index is 6.90.